The molecule has 2 fully saturated rings. The van der Waals surface area contributed by atoms with Crippen molar-refractivity contribution in [2.45, 2.75) is 64.3 Å². The molecule has 5 atom stereocenters. The summed E-state index contributed by atoms with van der Waals surface area (Å²) in [5.74, 6) is -2.01. The molecule has 2 N–H and O–H groups in total. The van der Waals surface area contributed by atoms with Crippen LogP contribution < -0.4 is 15.5 Å². The van der Waals surface area contributed by atoms with Gasteiger partial charge in [0.05, 0.1) is 17.4 Å². The number of carbonyl (C=O) groups is 3. The van der Waals surface area contributed by atoms with E-state index in [0.717, 1.165) is 5.56 Å². The van der Waals surface area contributed by atoms with Crippen molar-refractivity contribution in [2.75, 3.05) is 10.2 Å². The lowest BCUT2D eigenvalue weighted by atomic mass is 9.70. The Labute approximate surface area is 203 Å². The Bertz CT molecular complexity index is 1260. The van der Waals surface area contributed by atoms with Gasteiger partial charge in [0.2, 0.25) is 17.7 Å². The van der Waals surface area contributed by atoms with Gasteiger partial charge in [0.1, 0.15) is 17.4 Å². The van der Waals surface area contributed by atoms with Crippen molar-refractivity contribution in [3.05, 3.63) is 53.8 Å². The number of rotatable bonds is 4. The van der Waals surface area contributed by atoms with Crippen molar-refractivity contribution in [3.63, 3.8) is 0 Å². The number of benzene rings is 1. The summed E-state index contributed by atoms with van der Waals surface area (Å²) in [6.07, 6.45) is 3.60. The number of hydrogen-bond donors (Lipinski definition) is 2. The van der Waals surface area contributed by atoms with E-state index in [-0.39, 0.29) is 17.6 Å². The van der Waals surface area contributed by atoms with Gasteiger partial charge in [-0.1, -0.05) is 35.5 Å². The summed E-state index contributed by atoms with van der Waals surface area (Å²) >= 11 is 0. The molecule has 0 saturated carbocycles. The highest BCUT2D eigenvalue weighted by Gasteiger charge is 2.76. The van der Waals surface area contributed by atoms with Gasteiger partial charge in [0, 0.05) is 17.3 Å². The molecule has 3 amide bonds. The lowest BCUT2D eigenvalue weighted by Gasteiger charge is -2.35. The van der Waals surface area contributed by atoms with E-state index in [9.17, 15) is 14.4 Å². The smallest absolute Gasteiger partial charge is 0.246 e. The highest BCUT2D eigenvalue weighted by atomic mass is 16.5. The second-order valence-electron chi connectivity index (χ2n) is 10.9. The molecule has 0 unspecified atom stereocenters. The number of carbonyl (C=O) groups excluding carboxylic acids is 3. The Morgan fingerprint density at radius 3 is 2.46 bits per heavy atom. The van der Waals surface area contributed by atoms with Crippen molar-refractivity contribution >= 4 is 29.2 Å². The molecule has 2 bridgehead atoms. The molecule has 1 aromatic heterocycles. The van der Waals surface area contributed by atoms with E-state index >= 15 is 0 Å². The lowest BCUT2D eigenvalue weighted by Crippen LogP contribution is -2.58. The number of aryl methyl sites for hydroxylation is 2. The second kappa shape index (κ2) is 7.52. The summed E-state index contributed by atoms with van der Waals surface area (Å²) < 4.78 is 11.6. The van der Waals surface area contributed by atoms with E-state index in [2.05, 4.69) is 15.8 Å². The highest BCUT2D eigenvalue weighted by molar-refractivity contribution is 6.11. The maximum absolute atomic E-state index is 14.1. The van der Waals surface area contributed by atoms with Gasteiger partial charge in [-0.25, -0.2) is 0 Å². The predicted octanol–water partition coefficient (Wildman–Crippen LogP) is 2.89. The Hall–Kier alpha value is -3.46. The summed E-state index contributed by atoms with van der Waals surface area (Å²) in [6, 6.07) is 8.03. The normalized spacial score (nSPS) is 31.1. The molecule has 2 aromatic rings. The van der Waals surface area contributed by atoms with E-state index in [0.29, 0.717) is 11.4 Å². The minimum Gasteiger partial charge on any atom is -0.360 e. The number of nitrogens with one attached hydrogen (secondary N) is 2. The standard InChI is InChI=1S/C26H30N4O5/c1-14-9-7-8-10-16(14)30-20(22(32)28-24(3,4)5)26-12-11-25(6,35-26)18(19(26)23(30)33)21(31)27-17-13-15(2)34-29-17/h7-13,18-20H,1-6H3,(H,28,32)(H,27,29,31)/t18-,19+,20+,25+,26+/m0/s1. The fourth-order valence-corrected chi connectivity index (χ4v) is 5.69. The average molecular weight is 479 g/mol. The molecule has 0 aliphatic carbocycles. The van der Waals surface area contributed by atoms with Gasteiger partial charge in [-0.3, -0.25) is 19.3 Å². The van der Waals surface area contributed by atoms with Crippen LogP contribution in [0.2, 0.25) is 0 Å². The van der Waals surface area contributed by atoms with Crippen molar-refractivity contribution in [2.24, 2.45) is 11.8 Å². The molecule has 3 aliphatic heterocycles. The molecule has 0 radical (unpaired) electrons. The Morgan fingerprint density at radius 1 is 1.11 bits per heavy atom. The van der Waals surface area contributed by atoms with E-state index < -0.39 is 40.5 Å². The maximum atomic E-state index is 14.1. The number of fused-ring (bicyclic) bond motifs is 1. The summed E-state index contributed by atoms with van der Waals surface area (Å²) in [7, 11) is 0. The van der Waals surface area contributed by atoms with E-state index in [4.69, 9.17) is 9.26 Å². The number of para-hydroxylation sites is 1. The third-order valence-corrected chi connectivity index (χ3v) is 6.98. The Kier molecular flexibility index (Phi) is 5.00. The molecular formula is C26H30N4O5. The van der Waals surface area contributed by atoms with Gasteiger partial charge in [-0.2, -0.15) is 0 Å². The minimum atomic E-state index is -1.29. The molecule has 1 aromatic carbocycles. The van der Waals surface area contributed by atoms with Crippen molar-refractivity contribution in [1.29, 1.82) is 0 Å². The van der Waals surface area contributed by atoms with Gasteiger partial charge in [0.25, 0.3) is 0 Å². The number of amides is 3. The van der Waals surface area contributed by atoms with Crippen LogP contribution in [0.1, 0.15) is 39.0 Å². The van der Waals surface area contributed by atoms with Gasteiger partial charge >= 0.3 is 0 Å². The molecule has 4 heterocycles. The summed E-state index contributed by atoms with van der Waals surface area (Å²) in [5, 5.41) is 9.63. The number of nitrogens with zero attached hydrogens (tertiary/aromatic N) is 2. The quantitative estimate of drug-likeness (QED) is 0.654. The van der Waals surface area contributed by atoms with Crippen LogP contribution in [0.15, 0.2) is 47.0 Å². The molecule has 1 spiro atoms. The zero-order valence-corrected chi connectivity index (χ0v) is 20.7. The largest absolute Gasteiger partial charge is 0.360 e. The second-order valence-corrected chi connectivity index (χ2v) is 10.9. The van der Waals surface area contributed by atoms with Crippen molar-refractivity contribution in [3.8, 4) is 0 Å². The maximum Gasteiger partial charge on any atom is 0.246 e. The first-order chi connectivity index (χ1) is 16.4. The first kappa shape index (κ1) is 23.3. The summed E-state index contributed by atoms with van der Waals surface area (Å²) in [6.45, 7) is 11.0. The van der Waals surface area contributed by atoms with Crippen LogP contribution in [0, 0.1) is 25.7 Å². The monoisotopic (exact) mass is 478 g/mol. The topological polar surface area (TPSA) is 114 Å². The molecular weight excluding hydrogens is 448 g/mol. The first-order valence-corrected chi connectivity index (χ1v) is 11.7. The van der Waals surface area contributed by atoms with Crippen LogP contribution in [-0.2, 0) is 19.1 Å². The molecule has 184 valence electrons. The predicted molar refractivity (Wildman–Crippen MR) is 129 cm³/mol. The lowest BCUT2D eigenvalue weighted by molar-refractivity contribution is -0.131. The molecule has 9 heteroatoms. The number of ether oxygens (including phenoxy) is 1. The van der Waals surface area contributed by atoms with E-state index in [1.807, 2.05) is 52.0 Å². The number of hydrogen-bond acceptors (Lipinski definition) is 6. The van der Waals surface area contributed by atoms with E-state index in [1.165, 1.54) is 4.90 Å². The van der Waals surface area contributed by atoms with Gasteiger partial charge in [-0.05, 0) is 53.2 Å². The SMILES string of the molecule is Cc1cc(NC(=O)[C@@H]2[C@@H]3C(=O)N(c4ccccc4C)[C@H](C(=O)NC(C)(C)C)[C@@]34C=C[C@@]2(C)O4)no1. The van der Waals surface area contributed by atoms with Gasteiger partial charge < -0.3 is 19.9 Å². The third kappa shape index (κ3) is 3.48. The van der Waals surface area contributed by atoms with Crippen molar-refractivity contribution in [1.82, 2.24) is 10.5 Å². The zero-order valence-electron chi connectivity index (χ0n) is 20.7. The molecule has 5 rings (SSSR count). The first-order valence-electron chi connectivity index (χ1n) is 11.7. The average Bonchev–Trinajstić information content (AvgIpc) is 3.44. The third-order valence-electron chi connectivity index (χ3n) is 6.98. The number of aromatic nitrogens is 1. The van der Waals surface area contributed by atoms with Crippen LogP contribution >= 0.6 is 0 Å². The molecule has 9 nitrogen and oxygen atoms in total. The fraction of sp³-hybridized carbons (Fsp3) is 0.462. The molecule has 3 aliphatic rings. The van der Waals surface area contributed by atoms with Crippen LogP contribution in [0.4, 0.5) is 11.5 Å². The Morgan fingerprint density at radius 2 is 1.83 bits per heavy atom. The Balaban J connectivity index is 1.61. The highest BCUT2D eigenvalue weighted by Crippen LogP contribution is 2.60. The zero-order chi connectivity index (χ0) is 25.3. The number of anilines is 2. The van der Waals surface area contributed by atoms with Crippen LogP contribution in [-0.4, -0.2) is 45.7 Å². The van der Waals surface area contributed by atoms with Crippen LogP contribution in [0.25, 0.3) is 0 Å². The summed E-state index contributed by atoms with van der Waals surface area (Å²) in [5.41, 5.74) is -1.41. The molecule has 2 saturated heterocycles. The summed E-state index contributed by atoms with van der Waals surface area (Å²) in [4.78, 5) is 42.9. The fourth-order valence-electron chi connectivity index (χ4n) is 5.69. The molecule has 35 heavy (non-hydrogen) atoms. The van der Waals surface area contributed by atoms with Crippen molar-refractivity contribution < 1.29 is 23.6 Å². The van der Waals surface area contributed by atoms with E-state index in [1.54, 1.807) is 32.1 Å². The minimum absolute atomic E-state index is 0.264. The van der Waals surface area contributed by atoms with Crippen LogP contribution in [0.3, 0.4) is 0 Å². The van der Waals surface area contributed by atoms with Gasteiger partial charge in [-0.15, -0.1) is 0 Å². The van der Waals surface area contributed by atoms with Crippen LogP contribution in [0.5, 0.6) is 0 Å². The van der Waals surface area contributed by atoms with Gasteiger partial charge in [0.15, 0.2) is 5.82 Å².